The zero-order valence-electron chi connectivity index (χ0n) is 15.2. The average Bonchev–Trinajstić information content (AvgIpc) is 3.08. The van der Waals surface area contributed by atoms with E-state index in [9.17, 15) is 9.59 Å². The fraction of sp³-hybridized carbons (Fsp3) is 0.150. The van der Waals surface area contributed by atoms with Gasteiger partial charge in [0, 0.05) is 10.6 Å². The molecule has 0 aliphatic rings. The van der Waals surface area contributed by atoms with Crippen molar-refractivity contribution in [2.45, 2.75) is 20.0 Å². The van der Waals surface area contributed by atoms with Crippen LogP contribution in [-0.4, -0.2) is 22.9 Å². The fourth-order valence-electron chi connectivity index (χ4n) is 2.39. The van der Waals surface area contributed by atoms with Crippen LogP contribution in [0.25, 0.3) is 10.6 Å². The van der Waals surface area contributed by atoms with Gasteiger partial charge in [0.05, 0.1) is 5.69 Å². The summed E-state index contributed by atoms with van der Waals surface area (Å²) < 4.78 is 5.52. The zero-order valence-corrected chi connectivity index (χ0v) is 16.8. The Hall–Kier alpha value is -2.90. The quantitative estimate of drug-likeness (QED) is 0.617. The number of aryl methyl sites for hydroxylation is 1. The van der Waals surface area contributed by atoms with Crippen molar-refractivity contribution in [3.05, 3.63) is 70.2 Å². The monoisotopic (exact) mass is 415 g/mol. The van der Waals surface area contributed by atoms with Crippen molar-refractivity contribution in [2.24, 2.45) is 0 Å². The number of nitrogens with zero attached hydrogens (tertiary/aromatic N) is 1. The molecule has 28 heavy (non-hydrogen) atoms. The number of hydrogen-bond donors (Lipinski definition) is 2. The van der Waals surface area contributed by atoms with Crippen LogP contribution in [0.3, 0.4) is 0 Å². The van der Waals surface area contributed by atoms with Gasteiger partial charge >= 0.3 is 0 Å². The Bertz CT molecular complexity index is 991. The Kier molecular flexibility index (Phi) is 6.28. The third-order valence-corrected chi connectivity index (χ3v) is 5.24. The van der Waals surface area contributed by atoms with Gasteiger partial charge in [-0.25, -0.2) is 4.98 Å². The summed E-state index contributed by atoms with van der Waals surface area (Å²) in [5.74, 6) is -0.452. The maximum atomic E-state index is 12.4. The van der Waals surface area contributed by atoms with Crippen molar-refractivity contribution >= 4 is 34.8 Å². The molecule has 0 fully saturated rings. The first-order valence-electron chi connectivity index (χ1n) is 8.49. The van der Waals surface area contributed by atoms with Gasteiger partial charge in [0.15, 0.2) is 6.10 Å². The number of nitrogens with one attached hydrogen (secondary N) is 2. The van der Waals surface area contributed by atoms with Crippen LogP contribution in [-0.2, 0) is 4.79 Å². The molecule has 144 valence electrons. The van der Waals surface area contributed by atoms with E-state index in [0.717, 1.165) is 10.6 Å². The minimum Gasteiger partial charge on any atom is -0.481 e. The van der Waals surface area contributed by atoms with Crippen molar-refractivity contribution in [1.82, 2.24) is 15.8 Å². The topological polar surface area (TPSA) is 80.3 Å². The number of carbonyl (C=O) groups excluding carboxylic acids is 2. The van der Waals surface area contributed by atoms with Gasteiger partial charge in [-0.2, -0.15) is 0 Å². The lowest BCUT2D eigenvalue weighted by Crippen LogP contribution is -2.47. The normalized spacial score (nSPS) is 11.5. The van der Waals surface area contributed by atoms with E-state index in [0.29, 0.717) is 21.3 Å². The summed E-state index contributed by atoms with van der Waals surface area (Å²) in [4.78, 5) is 29.5. The minimum absolute atomic E-state index is 0.430. The number of carbonyl (C=O) groups is 2. The molecule has 1 heterocycles. The summed E-state index contributed by atoms with van der Waals surface area (Å²) in [6.45, 7) is 3.33. The Morgan fingerprint density at radius 3 is 2.57 bits per heavy atom. The number of rotatable bonds is 5. The highest BCUT2D eigenvalue weighted by Crippen LogP contribution is 2.27. The SMILES string of the molecule is Cc1nc(-c2ccccc2)sc1C(=O)NNC(=O)C(C)Oc1cccc(Cl)c1. The van der Waals surface area contributed by atoms with Gasteiger partial charge in [-0.05, 0) is 32.0 Å². The van der Waals surface area contributed by atoms with Crippen molar-refractivity contribution in [3.63, 3.8) is 0 Å². The molecule has 0 radical (unpaired) electrons. The highest BCUT2D eigenvalue weighted by Gasteiger charge is 2.19. The molecular weight excluding hydrogens is 398 g/mol. The molecule has 6 nitrogen and oxygen atoms in total. The summed E-state index contributed by atoms with van der Waals surface area (Å²) in [5.41, 5.74) is 6.31. The summed E-state index contributed by atoms with van der Waals surface area (Å²) in [5, 5.41) is 1.25. The number of hydrogen-bond acceptors (Lipinski definition) is 5. The Labute approximate surface area is 171 Å². The molecule has 8 heteroatoms. The van der Waals surface area contributed by atoms with Crippen LogP contribution in [0.15, 0.2) is 54.6 Å². The zero-order chi connectivity index (χ0) is 20.1. The first kappa shape index (κ1) is 19.9. The number of ether oxygens (including phenoxy) is 1. The third-order valence-electron chi connectivity index (χ3n) is 3.80. The molecule has 0 aliphatic heterocycles. The summed E-state index contributed by atoms with van der Waals surface area (Å²) in [6.07, 6.45) is -0.818. The second-order valence-corrected chi connectivity index (χ2v) is 7.40. The second kappa shape index (κ2) is 8.86. The first-order valence-corrected chi connectivity index (χ1v) is 9.69. The van der Waals surface area contributed by atoms with Crippen LogP contribution in [0.2, 0.25) is 5.02 Å². The Morgan fingerprint density at radius 1 is 1.11 bits per heavy atom. The highest BCUT2D eigenvalue weighted by molar-refractivity contribution is 7.17. The molecular formula is C20H18ClN3O3S. The number of aromatic nitrogens is 1. The number of hydrazine groups is 1. The van der Waals surface area contributed by atoms with Gasteiger partial charge < -0.3 is 4.74 Å². The molecule has 1 unspecified atom stereocenters. The first-order chi connectivity index (χ1) is 13.4. The molecule has 0 aliphatic carbocycles. The number of amides is 2. The predicted octanol–water partition coefficient (Wildman–Crippen LogP) is 4.00. The van der Waals surface area contributed by atoms with Gasteiger partial charge in [-0.1, -0.05) is 48.0 Å². The molecule has 2 N–H and O–H groups in total. The molecule has 2 amide bonds. The predicted molar refractivity (Wildman–Crippen MR) is 109 cm³/mol. The largest absolute Gasteiger partial charge is 0.481 e. The maximum Gasteiger partial charge on any atom is 0.281 e. The lowest BCUT2D eigenvalue weighted by molar-refractivity contribution is -0.128. The van der Waals surface area contributed by atoms with Crippen LogP contribution in [0, 0.1) is 6.92 Å². The van der Waals surface area contributed by atoms with Gasteiger partial charge in [0.1, 0.15) is 15.6 Å². The smallest absolute Gasteiger partial charge is 0.281 e. The fourth-order valence-corrected chi connectivity index (χ4v) is 3.53. The molecule has 1 atom stereocenters. The molecule has 0 saturated carbocycles. The number of thiazole rings is 1. The lowest BCUT2D eigenvalue weighted by Gasteiger charge is -2.15. The van der Waals surface area contributed by atoms with Gasteiger partial charge in [0.2, 0.25) is 0 Å². The van der Waals surface area contributed by atoms with Crippen LogP contribution in [0.5, 0.6) is 5.75 Å². The molecule has 3 aromatic rings. The van der Waals surface area contributed by atoms with Crippen molar-refractivity contribution < 1.29 is 14.3 Å². The standard InChI is InChI=1S/C20H18ClN3O3S/c1-12-17(28-20(22-12)14-7-4-3-5-8-14)19(26)24-23-18(25)13(2)27-16-10-6-9-15(21)11-16/h3-11,13H,1-2H3,(H,23,25)(H,24,26). The summed E-state index contributed by atoms with van der Waals surface area (Å²) >= 11 is 7.16. The molecule has 3 rings (SSSR count). The van der Waals surface area contributed by atoms with Crippen LogP contribution in [0.1, 0.15) is 22.3 Å². The van der Waals surface area contributed by atoms with E-state index in [-0.39, 0.29) is 0 Å². The summed E-state index contributed by atoms with van der Waals surface area (Å²) in [7, 11) is 0. The van der Waals surface area contributed by atoms with Crippen molar-refractivity contribution in [2.75, 3.05) is 0 Å². The minimum atomic E-state index is -0.818. The van der Waals surface area contributed by atoms with Gasteiger partial charge in [-0.3, -0.25) is 20.4 Å². The number of benzene rings is 2. The summed E-state index contributed by atoms with van der Waals surface area (Å²) in [6, 6.07) is 16.3. The van der Waals surface area contributed by atoms with E-state index in [1.165, 1.54) is 11.3 Å². The highest BCUT2D eigenvalue weighted by atomic mass is 35.5. The van der Waals surface area contributed by atoms with Gasteiger partial charge in [-0.15, -0.1) is 11.3 Å². The molecule has 1 aromatic heterocycles. The van der Waals surface area contributed by atoms with Crippen LogP contribution < -0.4 is 15.6 Å². The number of halogens is 1. The molecule has 0 bridgehead atoms. The van der Waals surface area contributed by atoms with E-state index in [4.69, 9.17) is 16.3 Å². The molecule has 2 aromatic carbocycles. The lowest BCUT2D eigenvalue weighted by atomic mass is 10.2. The van der Waals surface area contributed by atoms with Crippen LogP contribution in [0.4, 0.5) is 0 Å². The Balaban J connectivity index is 1.59. The van der Waals surface area contributed by atoms with E-state index in [1.807, 2.05) is 30.3 Å². The van der Waals surface area contributed by atoms with Crippen LogP contribution >= 0.6 is 22.9 Å². The average molecular weight is 416 g/mol. The van der Waals surface area contributed by atoms with Crippen molar-refractivity contribution in [1.29, 1.82) is 0 Å². The molecule has 0 saturated heterocycles. The molecule has 0 spiro atoms. The van der Waals surface area contributed by atoms with Crippen molar-refractivity contribution in [3.8, 4) is 16.3 Å². The van der Waals surface area contributed by atoms with Gasteiger partial charge in [0.25, 0.3) is 11.8 Å². The van der Waals surface area contributed by atoms with E-state index < -0.39 is 17.9 Å². The van der Waals surface area contributed by atoms with E-state index >= 15 is 0 Å². The van der Waals surface area contributed by atoms with E-state index in [1.54, 1.807) is 38.1 Å². The third kappa shape index (κ3) is 4.88. The Morgan fingerprint density at radius 2 is 1.86 bits per heavy atom. The second-order valence-electron chi connectivity index (χ2n) is 5.96. The maximum absolute atomic E-state index is 12.4. The van der Waals surface area contributed by atoms with E-state index in [2.05, 4.69) is 15.8 Å².